The van der Waals surface area contributed by atoms with Crippen LogP contribution in [0.3, 0.4) is 0 Å². The van der Waals surface area contributed by atoms with E-state index in [1.54, 1.807) is 0 Å². The van der Waals surface area contributed by atoms with Crippen LogP contribution >= 0.6 is 15.9 Å². The maximum atomic E-state index is 11.9. The zero-order valence-electron chi connectivity index (χ0n) is 14.8. The third kappa shape index (κ3) is 5.29. The topological polar surface area (TPSA) is 94.2 Å². The minimum atomic E-state index is -0.423. The summed E-state index contributed by atoms with van der Waals surface area (Å²) in [6, 6.07) is 0. The first-order chi connectivity index (χ1) is 11.1. The lowest BCUT2D eigenvalue weighted by molar-refractivity contribution is -0.155. The van der Waals surface area contributed by atoms with Crippen LogP contribution < -0.4 is 10.6 Å². The zero-order valence-corrected chi connectivity index (χ0v) is 16.4. The molecule has 8 heteroatoms. The van der Waals surface area contributed by atoms with Gasteiger partial charge in [-0.1, -0.05) is 6.92 Å². The van der Waals surface area contributed by atoms with Crippen LogP contribution in [0.4, 0.5) is 11.8 Å². The molecule has 2 N–H and O–H groups in total. The molecular weight excluding hydrogens is 374 g/mol. The van der Waals surface area contributed by atoms with Gasteiger partial charge in [-0.25, -0.2) is 0 Å². The second-order valence-electron chi connectivity index (χ2n) is 7.67. The first-order valence-electron chi connectivity index (χ1n) is 8.20. The molecule has 0 bridgehead atoms. The number of nitrogens with two attached hydrogens (primary N) is 1. The van der Waals surface area contributed by atoms with Crippen molar-refractivity contribution in [1.29, 1.82) is 0 Å². The van der Waals surface area contributed by atoms with Gasteiger partial charge >= 0.3 is 5.97 Å². The molecule has 0 amide bonds. The summed E-state index contributed by atoms with van der Waals surface area (Å²) >= 11 is 3.20. The number of nitrogen functional groups attached to an aromatic ring is 1. The maximum Gasteiger partial charge on any atom is 0.306 e. The molecule has 0 spiro atoms. The second-order valence-corrected chi connectivity index (χ2v) is 8.42. The Bertz CT molecular complexity index is 595. The summed E-state index contributed by atoms with van der Waals surface area (Å²) in [5.74, 6) is 0.780. The minimum absolute atomic E-state index is 0.126. The number of halogens is 1. The molecule has 7 nitrogen and oxygen atoms in total. The van der Waals surface area contributed by atoms with E-state index in [1.807, 2.05) is 20.8 Å². The van der Waals surface area contributed by atoms with Gasteiger partial charge in [0.05, 0.1) is 0 Å². The number of esters is 1. The predicted octanol–water partition coefficient (Wildman–Crippen LogP) is 2.94. The summed E-state index contributed by atoms with van der Waals surface area (Å²) in [7, 11) is 0. The molecule has 1 aromatic heterocycles. The molecule has 1 aliphatic heterocycles. The van der Waals surface area contributed by atoms with Crippen LogP contribution in [-0.4, -0.2) is 39.8 Å². The summed E-state index contributed by atoms with van der Waals surface area (Å²) in [6.45, 7) is 9.56. The Balaban J connectivity index is 1.86. The van der Waals surface area contributed by atoms with Crippen molar-refractivity contribution in [3.63, 3.8) is 0 Å². The van der Waals surface area contributed by atoms with E-state index >= 15 is 0 Å². The lowest BCUT2D eigenvalue weighted by Gasteiger charge is -2.39. The van der Waals surface area contributed by atoms with Crippen LogP contribution in [0.5, 0.6) is 0 Å². The minimum Gasteiger partial charge on any atom is -0.460 e. The van der Waals surface area contributed by atoms with E-state index in [2.05, 4.69) is 42.9 Å². The molecule has 1 fully saturated rings. The number of hydrogen-bond donors (Lipinski definition) is 1. The first-order valence-corrected chi connectivity index (χ1v) is 9.00. The summed E-state index contributed by atoms with van der Waals surface area (Å²) < 4.78 is 5.86. The standard InChI is InChI=1S/C16H26BrN5O2/c1-15(2,3)24-11(23)5-6-16(4)7-9-22(10-8-16)14-19-13(18)12(17)20-21-14/h5-10H2,1-4H3,(H2,18,19,21). The molecule has 24 heavy (non-hydrogen) atoms. The van der Waals surface area contributed by atoms with Crippen molar-refractivity contribution < 1.29 is 9.53 Å². The fraction of sp³-hybridized carbons (Fsp3) is 0.750. The number of anilines is 2. The number of ether oxygens (including phenoxy) is 1. The lowest BCUT2D eigenvalue weighted by Crippen LogP contribution is -2.40. The number of nitrogens with zero attached hydrogens (tertiary/aromatic N) is 4. The molecular formula is C16H26BrN5O2. The Morgan fingerprint density at radius 2 is 1.96 bits per heavy atom. The second kappa shape index (κ2) is 7.21. The van der Waals surface area contributed by atoms with Gasteiger partial charge in [-0.2, -0.15) is 4.98 Å². The molecule has 0 atom stereocenters. The lowest BCUT2D eigenvalue weighted by atomic mass is 9.77. The van der Waals surface area contributed by atoms with Gasteiger partial charge in [-0.15, -0.1) is 10.2 Å². The number of carbonyl (C=O) groups excluding carboxylic acids is 1. The first kappa shape index (κ1) is 18.9. The molecule has 0 aromatic carbocycles. The van der Waals surface area contributed by atoms with E-state index in [1.165, 1.54) is 0 Å². The highest BCUT2D eigenvalue weighted by molar-refractivity contribution is 9.10. The van der Waals surface area contributed by atoms with E-state index in [0.717, 1.165) is 32.4 Å². The van der Waals surface area contributed by atoms with Gasteiger partial charge < -0.3 is 15.4 Å². The van der Waals surface area contributed by atoms with E-state index in [-0.39, 0.29) is 11.4 Å². The SMILES string of the molecule is CC1(CCC(=O)OC(C)(C)C)CCN(c2nnc(Br)c(N)n2)CC1. The van der Waals surface area contributed by atoms with Crippen molar-refractivity contribution in [3.8, 4) is 0 Å². The smallest absolute Gasteiger partial charge is 0.306 e. The predicted molar refractivity (Wildman–Crippen MR) is 96.6 cm³/mol. The van der Waals surface area contributed by atoms with Crippen molar-refractivity contribution in [2.45, 2.75) is 59.0 Å². The molecule has 1 aliphatic rings. The molecule has 2 rings (SSSR count). The maximum absolute atomic E-state index is 11.9. The van der Waals surface area contributed by atoms with Gasteiger partial charge in [0, 0.05) is 19.5 Å². The van der Waals surface area contributed by atoms with Crippen molar-refractivity contribution in [2.24, 2.45) is 5.41 Å². The Morgan fingerprint density at radius 1 is 1.33 bits per heavy atom. The molecule has 0 unspecified atom stereocenters. The number of aromatic nitrogens is 3. The van der Waals surface area contributed by atoms with E-state index in [9.17, 15) is 4.79 Å². The molecule has 2 heterocycles. The number of piperidine rings is 1. The van der Waals surface area contributed by atoms with E-state index < -0.39 is 5.60 Å². The van der Waals surface area contributed by atoms with Crippen LogP contribution in [-0.2, 0) is 9.53 Å². The van der Waals surface area contributed by atoms with Gasteiger partial charge in [0.1, 0.15) is 5.60 Å². The third-order valence-electron chi connectivity index (χ3n) is 4.27. The molecule has 134 valence electrons. The number of rotatable bonds is 4. The van der Waals surface area contributed by atoms with Crippen LogP contribution in [0.25, 0.3) is 0 Å². The van der Waals surface area contributed by atoms with Crippen molar-refractivity contribution >= 4 is 33.7 Å². The number of hydrogen-bond acceptors (Lipinski definition) is 7. The Hall–Kier alpha value is -1.44. The van der Waals surface area contributed by atoms with Gasteiger partial charge in [0.25, 0.3) is 0 Å². The van der Waals surface area contributed by atoms with E-state index in [4.69, 9.17) is 10.5 Å². The fourth-order valence-corrected chi connectivity index (χ4v) is 2.91. The van der Waals surface area contributed by atoms with Crippen molar-refractivity contribution in [2.75, 3.05) is 23.7 Å². The summed E-state index contributed by atoms with van der Waals surface area (Å²) in [5.41, 5.74) is 5.48. The van der Waals surface area contributed by atoms with Gasteiger partial charge in [-0.05, 0) is 61.4 Å². The highest BCUT2D eigenvalue weighted by Gasteiger charge is 2.32. The van der Waals surface area contributed by atoms with Gasteiger partial charge in [-0.3, -0.25) is 4.79 Å². The Labute approximate surface area is 151 Å². The molecule has 1 saturated heterocycles. The molecule has 0 aliphatic carbocycles. The van der Waals surface area contributed by atoms with Crippen molar-refractivity contribution in [3.05, 3.63) is 4.60 Å². The number of carbonyl (C=O) groups is 1. The molecule has 1 aromatic rings. The summed E-state index contributed by atoms with van der Waals surface area (Å²) in [6.07, 6.45) is 3.22. The average molecular weight is 400 g/mol. The average Bonchev–Trinajstić information content (AvgIpc) is 2.47. The normalized spacial score (nSPS) is 17.6. The Kier molecular flexibility index (Phi) is 5.67. The van der Waals surface area contributed by atoms with Crippen LogP contribution in [0, 0.1) is 5.41 Å². The fourth-order valence-electron chi connectivity index (χ4n) is 2.74. The van der Waals surface area contributed by atoms with Crippen LogP contribution in [0.2, 0.25) is 0 Å². The highest BCUT2D eigenvalue weighted by Crippen LogP contribution is 2.36. The van der Waals surface area contributed by atoms with Gasteiger partial charge in [0.15, 0.2) is 10.4 Å². The van der Waals surface area contributed by atoms with Gasteiger partial charge in [0.2, 0.25) is 5.95 Å². The van der Waals surface area contributed by atoms with Crippen LogP contribution in [0.1, 0.15) is 53.4 Å². The van der Waals surface area contributed by atoms with Crippen molar-refractivity contribution in [1.82, 2.24) is 15.2 Å². The monoisotopic (exact) mass is 399 g/mol. The third-order valence-corrected chi connectivity index (χ3v) is 4.83. The largest absolute Gasteiger partial charge is 0.460 e. The molecule has 0 saturated carbocycles. The quantitative estimate of drug-likeness (QED) is 0.777. The summed E-state index contributed by atoms with van der Waals surface area (Å²) in [5, 5.41) is 8.05. The van der Waals surface area contributed by atoms with E-state index in [0.29, 0.717) is 22.8 Å². The highest BCUT2D eigenvalue weighted by atomic mass is 79.9. The molecule has 0 radical (unpaired) electrons. The Morgan fingerprint density at radius 3 is 2.50 bits per heavy atom. The van der Waals surface area contributed by atoms with Crippen LogP contribution in [0.15, 0.2) is 4.60 Å². The summed E-state index contributed by atoms with van der Waals surface area (Å²) in [4.78, 5) is 18.3. The zero-order chi connectivity index (χ0) is 18.0.